The molecule has 7 nitrogen and oxygen atoms in total. The highest BCUT2D eigenvalue weighted by atomic mass is 16.5. The van der Waals surface area contributed by atoms with Crippen molar-refractivity contribution in [1.29, 1.82) is 0 Å². The highest BCUT2D eigenvalue weighted by Crippen LogP contribution is 2.36. The van der Waals surface area contributed by atoms with Crippen LogP contribution in [0.25, 0.3) is 22.1 Å². The third-order valence-electron chi connectivity index (χ3n) is 4.69. The van der Waals surface area contributed by atoms with E-state index in [4.69, 9.17) is 13.9 Å². The molecule has 0 saturated carbocycles. The Morgan fingerprint density at radius 1 is 1.11 bits per heavy atom. The van der Waals surface area contributed by atoms with Crippen molar-refractivity contribution in [2.24, 2.45) is 0 Å². The lowest BCUT2D eigenvalue weighted by molar-refractivity contribution is -0.130. The molecule has 1 aliphatic rings. The molecule has 1 atom stereocenters. The van der Waals surface area contributed by atoms with Crippen molar-refractivity contribution in [3.05, 3.63) is 54.3 Å². The van der Waals surface area contributed by atoms with Crippen LogP contribution in [-0.4, -0.2) is 31.6 Å². The summed E-state index contributed by atoms with van der Waals surface area (Å²) < 4.78 is 16.4. The van der Waals surface area contributed by atoms with Crippen LogP contribution in [0.5, 0.6) is 5.75 Å². The Kier molecular flexibility index (Phi) is 4.99. The van der Waals surface area contributed by atoms with Crippen molar-refractivity contribution in [3.8, 4) is 16.9 Å². The number of hydrogen-bond donors (Lipinski definition) is 2. The number of fused-ring (bicyclic) bond motifs is 1. The molecular weight excluding hydrogens is 360 g/mol. The first kappa shape index (κ1) is 18.1. The molecule has 144 valence electrons. The SMILES string of the molecule is COc1ccc2c(-c3ccccc3)c(C(=O)NNC(=O)C3CCCO3)oc2c1. The van der Waals surface area contributed by atoms with Gasteiger partial charge < -0.3 is 13.9 Å². The third-order valence-corrected chi connectivity index (χ3v) is 4.69. The summed E-state index contributed by atoms with van der Waals surface area (Å²) in [6.07, 6.45) is 0.936. The fourth-order valence-electron chi connectivity index (χ4n) is 3.30. The van der Waals surface area contributed by atoms with Gasteiger partial charge in [0.15, 0.2) is 0 Å². The lowest BCUT2D eigenvalue weighted by Crippen LogP contribution is -2.46. The first-order chi connectivity index (χ1) is 13.7. The molecule has 2 N–H and O–H groups in total. The maximum atomic E-state index is 12.8. The highest BCUT2D eigenvalue weighted by molar-refractivity contribution is 6.08. The van der Waals surface area contributed by atoms with Gasteiger partial charge in [-0.1, -0.05) is 30.3 Å². The molecule has 1 unspecified atom stereocenters. The van der Waals surface area contributed by atoms with E-state index in [1.807, 2.05) is 42.5 Å². The largest absolute Gasteiger partial charge is 0.497 e. The maximum absolute atomic E-state index is 12.8. The number of nitrogens with one attached hydrogen (secondary N) is 2. The summed E-state index contributed by atoms with van der Waals surface area (Å²) in [6.45, 7) is 0.551. The first-order valence-electron chi connectivity index (χ1n) is 9.05. The van der Waals surface area contributed by atoms with E-state index in [0.717, 1.165) is 17.4 Å². The Morgan fingerprint density at radius 2 is 1.93 bits per heavy atom. The van der Waals surface area contributed by atoms with Crippen LogP contribution in [0.4, 0.5) is 0 Å². The molecule has 0 bridgehead atoms. The molecule has 0 radical (unpaired) electrons. The second-order valence-corrected chi connectivity index (χ2v) is 6.48. The van der Waals surface area contributed by atoms with Gasteiger partial charge in [0.1, 0.15) is 17.4 Å². The predicted molar refractivity (Wildman–Crippen MR) is 103 cm³/mol. The topological polar surface area (TPSA) is 89.8 Å². The van der Waals surface area contributed by atoms with Gasteiger partial charge >= 0.3 is 5.91 Å². The van der Waals surface area contributed by atoms with Crippen LogP contribution in [0.15, 0.2) is 52.9 Å². The highest BCUT2D eigenvalue weighted by Gasteiger charge is 2.26. The van der Waals surface area contributed by atoms with Gasteiger partial charge in [-0.3, -0.25) is 20.4 Å². The molecule has 0 spiro atoms. The summed E-state index contributed by atoms with van der Waals surface area (Å²) in [5.41, 5.74) is 6.86. The van der Waals surface area contributed by atoms with E-state index in [2.05, 4.69) is 10.9 Å². The summed E-state index contributed by atoms with van der Waals surface area (Å²) in [7, 11) is 1.57. The third kappa shape index (κ3) is 3.44. The number of methoxy groups -OCH3 is 1. The number of carbonyl (C=O) groups excluding carboxylic acids is 2. The molecule has 0 aliphatic carbocycles. The van der Waals surface area contributed by atoms with E-state index >= 15 is 0 Å². The number of carbonyl (C=O) groups is 2. The molecule has 1 aliphatic heterocycles. The summed E-state index contributed by atoms with van der Waals surface area (Å²) >= 11 is 0. The van der Waals surface area contributed by atoms with Crippen molar-refractivity contribution in [3.63, 3.8) is 0 Å². The average molecular weight is 380 g/mol. The van der Waals surface area contributed by atoms with Gasteiger partial charge in [-0.05, 0) is 30.5 Å². The zero-order valence-electron chi connectivity index (χ0n) is 15.4. The fourth-order valence-corrected chi connectivity index (χ4v) is 3.30. The minimum atomic E-state index is -0.541. The van der Waals surface area contributed by atoms with Crippen molar-refractivity contribution in [1.82, 2.24) is 10.9 Å². The molecule has 3 aromatic rings. The normalized spacial score (nSPS) is 16.1. The molecule has 1 saturated heterocycles. The first-order valence-corrected chi connectivity index (χ1v) is 9.05. The second kappa shape index (κ2) is 7.74. The zero-order chi connectivity index (χ0) is 19.5. The van der Waals surface area contributed by atoms with E-state index in [1.54, 1.807) is 13.2 Å². The predicted octanol–water partition coefficient (Wildman–Crippen LogP) is 3.05. The number of benzene rings is 2. The van der Waals surface area contributed by atoms with Crippen molar-refractivity contribution < 1.29 is 23.5 Å². The number of furan rings is 1. The average Bonchev–Trinajstić information content (AvgIpc) is 3.39. The fraction of sp³-hybridized carbons (Fsp3) is 0.238. The second-order valence-electron chi connectivity index (χ2n) is 6.48. The molecule has 2 amide bonds. The van der Waals surface area contributed by atoms with Crippen LogP contribution in [0.1, 0.15) is 23.4 Å². The van der Waals surface area contributed by atoms with Gasteiger partial charge in [0.2, 0.25) is 5.76 Å². The van der Waals surface area contributed by atoms with Crippen molar-refractivity contribution >= 4 is 22.8 Å². The van der Waals surface area contributed by atoms with Crippen LogP contribution >= 0.6 is 0 Å². The lowest BCUT2D eigenvalue weighted by atomic mass is 10.0. The summed E-state index contributed by atoms with van der Waals surface area (Å²) in [5, 5.41) is 0.780. The Bertz CT molecular complexity index is 1010. The van der Waals surface area contributed by atoms with Crippen LogP contribution < -0.4 is 15.6 Å². The van der Waals surface area contributed by atoms with Crippen LogP contribution in [-0.2, 0) is 9.53 Å². The lowest BCUT2D eigenvalue weighted by Gasteiger charge is -2.11. The standard InChI is InChI=1S/C21H20N2O5/c1-26-14-9-10-15-17(12-14)28-19(18(15)13-6-3-2-4-7-13)21(25)23-22-20(24)16-8-5-11-27-16/h2-4,6-7,9-10,12,16H,5,8,11H2,1H3,(H,22,24)(H,23,25). The quantitative estimate of drug-likeness (QED) is 0.679. The van der Waals surface area contributed by atoms with E-state index in [0.29, 0.717) is 29.9 Å². The number of amides is 2. The number of rotatable bonds is 4. The Labute approximate surface area is 161 Å². The maximum Gasteiger partial charge on any atom is 0.306 e. The van der Waals surface area contributed by atoms with E-state index in [-0.39, 0.29) is 11.7 Å². The van der Waals surface area contributed by atoms with E-state index < -0.39 is 12.0 Å². The van der Waals surface area contributed by atoms with Crippen LogP contribution in [0, 0.1) is 0 Å². The number of hydrazine groups is 1. The Balaban J connectivity index is 1.66. The van der Waals surface area contributed by atoms with Gasteiger partial charge in [0.25, 0.3) is 5.91 Å². The molecule has 2 heterocycles. The molecular formula is C21H20N2O5. The Morgan fingerprint density at radius 3 is 2.64 bits per heavy atom. The minimum Gasteiger partial charge on any atom is -0.497 e. The molecule has 1 aromatic heterocycles. The molecule has 7 heteroatoms. The molecule has 28 heavy (non-hydrogen) atoms. The van der Waals surface area contributed by atoms with E-state index in [9.17, 15) is 9.59 Å². The molecule has 1 fully saturated rings. The van der Waals surface area contributed by atoms with Gasteiger partial charge in [0.05, 0.1) is 7.11 Å². The van der Waals surface area contributed by atoms with Crippen molar-refractivity contribution in [2.75, 3.05) is 13.7 Å². The van der Waals surface area contributed by atoms with Crippen LogP contribution in [0.2, 0.25) is 0 Å². The monoisotopic (exact) mass is 380 g/mol. The van der Waals surface area contributed by atoms with Crippen molar-refractivity contribution in [2.45, 2.75) is 18.9 Å². The van der Waals surface area contributed by atoms with E-state index in [1.165, 1.54) is 0 Å². The van der Waals surface area contributed by atoms with Gasteiger partial charge in [0, 0.05) is 23.6 Å². The van der Waals surface area contributed by atoms with Gasteiger partial charge in [-0.2, -0.15) is 0 Å². The van der Waals surface area contributed by atoms with Crippen LogP contribution in [0.3, 0.4) is 0 Å². The molecule has 2 aromatic carbocycles. The summed E-state index contributed by atoms with van der Waals surface area (Å²) in [4.78, 5) is 24.9. The summed E-state index contributed by atoms with van der Waals surface area (Å²) in [5.74, 6) is -0.174. The van der Waals surface area contributed by atoms with Gasteiger partial charge in [-0.15, -0.1) is 0 Å². The Hall–Kier alpha value is -3.32. The van der Waals surface area contributed by atoms with Gasteiger partial charge in [-0.25, -0.2) is 0 Å². The number of ether oxygens (including phenoxy) is 2. The minimum absolute atomic E-state index is 0.113. The molecule has 4 rings (SSSR count). The smallest absolute Gasteiger partial charge is 0.306 e. The summed E-state index contributed by atoms with van der Waals surface area (Å²) in [6, 6.07) is 14.9. The number of hydrogen-bond acceptors (Lipinski definition) is 5. The zero-order valence-corrected chi connectivity index (χ0v) is 15.4.